The average Bonchev–Trinajstić information content (AvgIpc) is 3.34. The topological polar surface area (TPSA) is 59.4 Å². The molecule has 2 aromatic rings. The average molecular weight is 433 g/mol. The van der Waals surface area contributed by atoms with E-state index in [0.29, 0.717) is 12.1 Å². The predicted octanol–water partition coefficient (Wildman–Crippen LogP) is 4.53. The zero-order valence-corrected chi connectivity index (χ0v) is 19.5. The Hall–Kier alpha value is -1.44. The molecule has 0 atom stereocenters. The summed E-state index contributed by atoms with van der Waals surface area (Å²) in [7, 11) is 3.93. The van der Waals surface area contributed by atoms with Crippen LogP contribution in [-0.2, 0) is 4.74 Å². The summed E-state index contributed by atoms with van der Waals surface area (Å²) < 4.78 is 7.41. The van der Waals surface area contributed by atoms with E-state index in [2.05, 4.69) is 34.9 Å². The highest BCUT2D eigenvalue weighted by molar-refractivity contribution is 7.20. The number of likely N-dealkylation sites (N-methyl/N-ethyl adjacent to an activating group) is 1. The maximum Gasteiger partial charge on any atom is 0.261 e. The monoisotopic (exact) mass is 432 g/mol. The van der Waals surface area contributed by atoms with Gasteiger partial charge >= 0.3 is 0 Å². The van der Waals surface area contributed by atoms with Crippen LogP contribution in [-0.4, -0.2) is 60.0 Å². The molecule has 7 heteroatoms. The van der Waals surface area contributed by atoms with Crippen molar-refractivity contribution in [2.75, 3.05) is 27.3 Å². The van der Waals surface area contributed by atoms with Crippen molar-refractivity contribution in [3.63, 3.8) is 0 Å². The lowest BCUT2D eigenvalue weighted by Gasteiger charge is -2.34. The van der Waals surface area contributed by atoms with Crippen LogP contribution in [0.1, 0.15) is 79.2 Å². The van der Waals surface area contributed by atoms with Crippen molar-refractivity contribution >= 4 is 27.5 Å². The van der Waals surface area contributed by atoms with E-state index < -0.39 is 0 Å². The summed E-state index contributed by atoms with van der Waals surface area (Å²) in [6.45, 7) is 3.81. The third kappa shape index (κ3) is 4.73. The van der Waals surface area contributed by atoms with E-state index >= 15 is 0 Å². The Morgan fingerprint density at radius 3 is 2.67 bits per heavy atom. The number of thiophene rings is 1. The molecule has 0 aromatic carbocycles. The van der Waals surface area contributed by atoms with Crippen LogP contribution in [0, 0.1) is 6.92 Å². The fourth-order valence-corrected chi connectivity index (χ4v) is 6.23. The Bertz CT molecular complexity index is 847. The Balaban J connectivity index is 1.37. The molecule has 30 heavy (non-hydrogen) atoms. The lowest BCUT2D eigenvalue weighted by atomic mass is 9.90. The van der Waals surface area contributed by atoms with Gasteiger partial charge in [-0.05, 0) is 58.6 Å². The molecule has 0 saturated heterocycles. The predicted molar refractivity (Wildman–Crippen MR) is 122 cm³/mol. The Morgan fingerprint density at radius 2 is 1.97 bits per heavy atom. The molecule has 2 aromatic heterocycles. The van der Waals surface area contributed by atoms with Gasteiger partial charge < -0.3 is 15.0 Å². The van der Waals surface area contributed by atoms with Crippen LogP contribution >= 0.6 is 11.3 Å². The van der Waals surface area contributed by atoms with Crippen molar-refractivity contribution in [2.45, 2.75) is 82.8 Å². The van der Waals surface area contributed by atoms with Crippen molar-refractivity contribution in [1.82, 2.24) is 20.0 Å². The number of carbonyl (C=O) groups is 1. The highest BCUT2D eigenvalue weighted by atomic mass is 32.1. The molecule has 0 aliphatic heterocycles. The summed E-state index contributed by atoms with van der Waals surface area (Å²) in [6.07, 6.45) is 10.7. The molecule has 1 N–H and O–H groups in total. The molecule has 0 radical (unpaired) electrons. The van der Waals surface area contributed by atoms with Gasteiger partial charge in [0.2, 0.25) is 0 Å². The van der Waals surface area contributed by atoms with Crippen LogP contribution < -0.4 is 5.32 Å². The van der Waals surface area contributed by atoms with Gasteiger partial charge in [0.15, 0.2) is 0 Å². The van der Waals surface area contributed by atoms with Crippen molar-refractivity contribution in [1.29, 1.82) is 0 Å². The first-order valence-corrected chi connectivity index (χ1v) is 12.4. The Morgan fingerprint density at radius 1 is 1.23 bits per heavy atom. The van der Waals surface area contributed by atoms with Gasteiger partial charge in [-0.15, -0.1) is 11.3 Å². The zero-order valence-electron chi connectivity index (χ0n) is 18.7. The van der Waals surface area contributed by atoms with E-state index in [9.17, 15) is 4.79 Å². The van der Waals surface area contributed by atoms with Gasteiger partial charge in [-0.2, -0.15) is 5.10 Å². The second-order valence-electron chi connectivity index (χ2n) is 9.10. The van der Waals surface area contributed by atoms with E-state index in [-0.39, 0.29) is 11.9 Å². The van der Waals surface area contributed by atoms with Crippen molar-refractivity contribution in [3.05, 3.63) is 16.6 Å². The maximum absolute atomic E-state index is 13.0. The fraction of sp³-hybridized carbons (Fsp3) is 0.739. The number of carbonyl (C=O) groups excluding carboxylic acids is 1. The van der Waals surface area contributed by atoms with Crippen LogP contribution in [0.15, 0.2) is 6.07 Å². The zero-order chi connectivity index (χ0) is 21.1. The van der Waals surface area contributed by atoms with Gasteiger partial charge in [-0.25, -0.2) is 0 Å². The fourth-order valence-electron chi connectivity index (χ4n) is 5.09. The van der Waals surface area contributed by atoms with Crippen molar-refractivity contribution in [3.8, 4) is 0 Å². The minimum atomic E-state index is 0.0852. The number of nitrogens with one attached hydrogen (secondary N) is 1. The normalized spacial score (nSPS) is 23.3. The SMILES string of the molecule is COCCN(C)[C@H]1CC[C@H](NC(=O)c2cc3c(C)nn(C4CCCCC4)c3s2)CC1. The number of aromatic nitrogens is 2. The minimum absolute atomic E-state index is 0.0852. The molecule has 6 nitrogen and oxygen atoms in total. The smallest absolute Gasteiger partial charge is 0.261 e. The molecule has 4 rings (SSSR count). The number of rotatable bonds is 7. The van der Waals surface area contributed by atoms with Crippen LogP contribution in [0.25, 0.3) is 10.2 Å². The number of methoxy groups -OCH3 is 1. The van der Waals surface area contributed by atoms with E-state index in [1.165, 1.54) is 36.9 Å². The van der Waals surface area contributed by atoms with Gasteiger partial charge in [0.1, 0.15) is 4.83 Å². The van der Waals surface area contributed by atoms with Gasteiger partial charge in [-0.1, -0.05) is 19.3 Å². The molecule has 2 heterocycles. The largest absolute Gasteiger partial charge is 0.383 e. The Kier molecular flexibility index (Phi) is 7.11. The van der Waals surface area contributed by atoms with Crippen LogP contribution in [0.5, 0.6) is 0 Å². The number of fused-ring (bicyclic) bond motifs is 1. The van der Waals surface area contributed by atoms with E-state index in [1.807, 2.05) is 0 Å². The number of ether oxygens (including phenoxy) is 1. The summed E-state index contributed by atoms with van der Waals surface area (Å²) >= 11 is 1.62. The molecular formula is C23H36N4O2S. The van der Waals surface area contributed by atoms with E-state index in [4.69, 9.17) is 9.84 Å². The second-order valence-corrected chi connectivity index (χ2v) is 10.1. The van der Waals surface area contributed by atoms with Crippen LogP contribution in [0.4, 0.5) is 0 Å². The summed E-state index contributed by atoms with van der Waals surface area (Å²) in [6, 6.07) is 3.43. The Labute approximate surface area is 184 Å². The third-order valence-electron chi connectivity index (χ3n) is 7.02. The van der Waals surface area contributed by atoms with Crippen molar-refractivity contribution < 1.29 is 9.53 Å². The summed E-state index contributed by atoms with van der Waals surface area (Å²) in [5.41, 5.74) is 1.05. The number of amides is 1. The standard InChI is InChI=1S/C23H36N4O2S/c1-16-20-15-21(30-23(20)27(25-16)19-7-5-4-6-8-19)22(28)24-17-9-11-18(12-10-17)26(2)13-14-29-3/h15,17-19H,4-14H2,1-3H3,(H,24,28)/t17-,18-. The molecule has 0 bridgehead atoms. The quantitative estimate of drug-likeness (QED) is 0.698. The lowest BCUT2D eigenvalue weighted by Crippen LogP contribution is -2.43. The molecule has 0 spiro atoms. The van der Waals surface area contributed by atoms with Gasteiger partial charge in [0.25, 0.3) is 5.91 Å². The highest BCUT2D eigenvalue weighted by Crippen LogP contribution is 2.35. The molecule has 2 fully saturated rings. The van der Waals surface area contributed by atoms with E-state index in [0.717, 1.165) is 54.8 Å². The first kappa shape index (κ1) is 21.8. The number of aryl methyl sites for hydroxylation is 1. The second kappa shape index (κ2) is 9.79. The summed E-state index contributed by atoms with van der Waals surface area (Å²) in [5.74, 6) is 0.0852. The molecule has 2 saturated carbocycles. The molecular weight excluding hydrogens is 396 g/mol. The summed E-state index contributed by atoms with van der Waals surface area (Å²) in [5, 5.41) is 9.28. The first-order chi connectivity index (χ1) is 14.6. The number of nitrogens with zero attached hydrogens (tertiary/aromatic N) is 3. The molecule has 2 aliphatic rings. The first-order valence-electron chi connectivity index (χ1n) is 11.6. The van der Waals surface area contributed by atoms with Gasteiger partial charge in [0.05, 0.1) is 23.2 Å². The molecule has 1 amide bonds. The lowest BCUT2D eigenvalue weighted by molar-refractivity contribution is 0.0900. The highest BCUT2D eigenvalue weighted by Gasteiger charge is 2.27. The van der Waals surface area contributed by atoms with Gasteiger partial charge in [0, 0.05) is 31.1 Å². The van der Waals surface area contributed by atoms with Gasteiger partial charge in [-0.3, -0.25) is 9.48 Å². The molecule has 0 unspecified atom stereocenters. The third-order valence-corrected chi connectivity index (χ3v) is 8.14. The minimum Gasteiger partial charge on any atom is -0.383 e. The van der Waals surface area contributed by atoms with Crippen LogP contribution in [0.3, 0.4) is 0 Å². The molecule has 2 aliphatic carbocycles. The number of hydrogen-bond acceptors (Lipinski definition) is 5. The van der Waals surface area contributed by atoms with Crippen molar-refractivity contribution in [2.24, 2.45) is 0 Å². The summed E-state index contributed by atoms with van der Waals surface area (Å²) in [4.78, 5) is 17.4. The molecule has 166 valence electrons. The van der Waals surface area contributed by atoms with E-state index in [1.54, 1.807) is 18.4 Å². The number of hydrogen-bond donors (Lipinski definition) is 1. The van der Waals surface area contributed by atoms with Crippen LogP contribution in [0.2, 0.25) is 0 Å². The maximum atomic E-state index is 13.0.